The summed E-state index contributed by atoms with van der Waals surface area (Å²) in [7, 11) is 2.28. The maximum Gasteiger partial charge on any atom is 0.0406 e. The van der Waals surface area contributed by atoms with Gasteiger partial charge in [-0.2, -0.15) is 0 Å². The van der Waals surface area contributed by atoms with E-state index in [2.05, 4.69) is 48.3 Å². The standard InChI is InChI=1S/C19H20ClN.ClH/c1-21-11-10-17-15-4-2-3-5-16(15)18(12-19(17)21)13-6-8-14(20)9-7-13;/h2-9,17-19H,10-12H2,1H3;1H/t17-,18+,19+;/m1./s1. The van der Waals surface area contributed by atoms with Gasteiger partial charge in [0, 0.05) is 22.9 Å². The van der Waals surface area contributed by atoms with Crippen LogP contribution in [0, 0.1) is 0 Å². The fourth-order valence-electron chi connectivity index (χ4n) is 4.26. The Balaban J connectivity index is 0.00000144. The van der Waals surface area contributed by atoms with E-state index >= 15 is 0 Å². The van der Waals surface area contributed by atoms with Crippen molar-refractivity contribution >= 4 is 24.0 Å². The fraction of sp³-hybridized carbons (Fsp3) is 0.368. The molecule has 0 saturated carbocycles. The van der Waals surface area contributed by atoms with Gasteiger partial charge in [-0.3, -0.25) is 0 Å². The lowest BCUT2D eigenvalue weighted by molar-refractivity contribution is 0.265. The van der Waals surface area contributed by atoms with Crippen LogP contribution in [0.25, 0.3) is 0 Å². The third kappa shape index (κ3) is 2.56. The van der Waals surface area contributed by atoms with Crippen LogP contribution in [-0.4, -0.2) is 24.5 Å². The molecule has 0 aromatic heterocycles. The molecule has 22 heavy (non-hydrogen) atoms. The van der Waals surface area contributed by atoms with E-state index in [0.29, 0.717) is 12.0 Å². The van der Waals surface area contributed by atoms with Crippen LogP contribution in [-0.2, 0) is 0 Å². The van der Waals surface area contributed by atoms with E-state index in [9.17, 15) is 0 Å². The van der Waals surface area contributed by atoms with E-state index in [1.54, 1.807) is 5.56 Å². The molecular weight excluding hydrogens is 313 g/mol. The lowest BCUT2D eigenvalue weighted by Crippen LogP contribution is -2.34. The molecule has 0 radical (unpaired) electrons. The quantitative estimate of drug-likeness (QED) is 0.702. The van der Waals surface area contributed by atoms with Crippen LogP contribution in [0.1, 0.15) is 41.4 Å². The molecule has 0 amide bonds. The first-order chi connectivity index (χ1) is 10.2. The van der Waals surface area contributed by atoms with Crippen LogP contribution in [0.5, 0.6) is 0 Å². The van der Waals surface area contributed by atoms with Gasteiger partial charge in [0.2, 0.25) is 0 Å². The van der Waals surface area contributed by atoms with Crippen LogP contribution in [0.4, 0.5) is 0 Å². The highest BCUT2D eigenvalue weighted by Crippen LogP contribution is 2.47. The maximum atomic E-state index is 6.05. The molecule has 1 aliphatic heterocycles. The highest BCUT2D eigenvalue weighted by Gasteiger charge is 2.40. The molecule has 0 N–H and O–H groups in total. The van der Waals surface area contributed by atoms with Crippen molar-refractivity contribution in [2.45, 2.75) is 30.7 Å². The van der Waals surface area contributed by atoms with Crippen LogP contribution in [0.2, 0.25) is 5.02 Å². The smallest absolute Gasteiger partial charge is 0.0406 e. The van der Waals surface area contributed by atoms with Crippen molar-refractivity contribution in [1.29, 1.82) is 0 Å². The van der Waals surface area contributed by atoms with Gasteiger partial charge >= 0.3 is 0 Å². The molecule has 1 heterocycles. The highest BCUT2D eigenvalue weighted by atomic mass is 35.5. The zero-order chi connectivity index (χ0) is 14.4. The van der Waals surface area contributed by atoms with Crippen LogP contribution in [0.15, 0.2) is 48.5 Å². The number of benzene rings is 2. The summed E-state index contributed by atoms with van der Waals surface area (Å²) in [6.45, 7) is 1.22. The van der Waals surface area contributed by atoms with Gasteiger partial charge < -0.3 is 4.90 Å². The molecule has 1 saturated heterocycles. The third-order valence-corrected chi connectivity index (χ3v) is 5.60. The second-order valence-electron chi connectivity index (χ2n) is 6.41. The molecular formula is C19H21Cl2N. The number of hydrogen-bond acceptors (Lipinski definition) is 1. The van der Waals surface area contributed by atoms with Gasteiger partial charge in [0.15, 0.2) is 0 Å². The lowest BCUT2D eigenvalue weighted by atomic mass is 9.71. The molecule has 0 bridgehead atoms. The lowest BCUT2D eigenvalue weighted by Gasteiger charge is -2.37. The summed E-state index contributed by atoms with van der Waals surface area (Å²) < 4.78 is 0. The van der Waals surface area contributed by atoms with Crippen LogP contribution in [0.3, 0.4) is 0 Å². The van der Waals surface area contributed by atoms with Crippen LogP contribution < -0.4 is 0 Å². The summed E-state index contributed by atoms with van der Waals surface area (Å²) in [4.78, 5) is 2.55. The second-order valence-corrected chi connectivity index (χ2v) is 6.85. The van der Waals surface area contributed by atoms with E-state index in [1.807, 2.05) is 12.1 Å². The second kappa shape index (κ2) is 6.23. The molecule has 2 aromatic carbocycles. The number of nitrogens with zero attached hydrogens (tertiary/aromatic N) is 1. The molecule has 2 aliphatic rings. The van der Waals surface area contributed by atoms with Gasteiger partial charge in [-0.05, 0) is 55.3 Å². The van der Waals surface area contributed by atoms with Crippen molar-refractivity contribution < 1.29 is 0 Å². The average Bonchev–Trinajstić information content (AvgIpc) is 2.89. The van der Waals surface area contributed by atoms with Gasteiger partial charge in [0.1, 0.15) is 0 Å². The minimum absolute atomic E-state index is 0. The third-order valence-electron chi connectivity index (χ3n) is 5.34. The van der Waals surface area contributed by atoms with E-state index in [0.717, 1.165) is 10.9 Å². The first-order valence-electron chi connectivity index (χ1n) is 7.78. The molecule has 1 fully saturated rings. The van der Waals surface area contributed by atoms with Crippen molar-refractivity contribution in [2.24, 2.45) is 0 Å². The predicted molar refractivity (Wildman–Crippen MR) is 95.4 cm³/mol. The Morgan fingerprint density at radius 2 is 1.68 bits per heavy atom. The average molecular weight is 334 g/mol. The highest BCUT2D eigenvalue weighted by molar-refractivity contribution is 6.30. The monoisotopic (exact) mass is 333 g/mol. The van der Waals surface area contributed by atoms with E-state index in [4.69, 9.17) is 11.6 Å². The van der Waals surface area contributed by atoms with Gasteiger partial charge in [0.05, 0.1) is 0 Å². The minimum atomic E-state index is 0. The fourth-order valence-corrected chi connectivity index (χ4v) is 4.39. The Hall–Kier alpha value is -1.02. The van der Waals surface area contributed by atoms with Crippen molar-refractivity contribution in [3.63, 3.8) is 0 Å². The number of fused-ring (bicyclic) bond motifs is 3. The summed E-state index contributed by atoms with van der Waals surface area (Å²) in [6, 6.07) is 18.1. The van der Waals surface area contributed by atoms with Crippen LogP contribution >= 0.6 is 24.0 Å². The zero-order valence-electron chi connectivity index (χ0n) is 12.7. The topological polar surface area (TPSA) is 3.24 Å². The first kappa shape index (κ1) is 15.9. The van der Waals surface area contributed by atoms with E-state index < -0.39 is 0 Å². The zero-order valence-corrected chi connectivity index (χ0v) is 14.3. The van der Waals surface area contributed by atoms with Gasteiger partial charge in [0.25, 0.3) is 0 Å². The number of likely N-dealkylation sites (N-methyl/N-ethyl adjacent to an activating group) is 1. The Kier molecular flexibility index (Phi) is 4.49. The summed E-state index contributed by atoms with van der Waals surface area (Å²) in [5.41, 5.74) is 4.49. The van der Waals surface area contributed by atoms with Crippen molar-refractivity contribution in [3.05, 3.63) is 70.2 Å². The molecule has 1 nitrogen and oxygen atoms in total. The molecule has 4 rings (SSSR count). The normalized spacial score (nSPS) is 26.9. The number of rotatable bonds is 1. The Morgan fingerprint density at radius 3 is 2.41 bits per heavy atom. The maximum absolute atomic E-state index is 6.05. The summed E-state index contributed by atoms with van der Waals surface area (Å²) in [5.74, 6) is 1.22. The molecule has 3 atom stereocenters. The van der Waals surface area contributed by atoms with E-state index in [-0.39, 0.29) is 12.4 Å². The Bertz CT molecular complexity index is 653. The molecule has 0 unspecified atom stereocenters. The van der Waals surface area contributed by atoms with Crippen molar-refractivity contribution in [3.8, 4) is 0 Å². The molecule has 116 valence electrons. The number of halogens is 2. The van der Waals surface area contributed by atoms with E-state index in [1.165, 1.54) is 30.5 Å². The van der Waals surface area contributed by atoms with Crippen molar-refractivity contribution in [2.75, 3.05) is 13.6 Å². The molecule has 2 aromatic rings. The molecule has 0 spiro atoms. The van der Waals surface area contributed by atoms with Gasteiger partial charge in [-0.25, -0.2) is 0 Å². The van der Waals surface area contributed by atoms with Gasteiger partial charge in [-0.15, -0.1) is 12.4 Å². The number of likely N-dealkylation sites (tertiary alicyclic amines) is 1. The Labute approximate surface area is 143 Å². The van der Waals surface area contributed by atoms with Crippen molar-refractivity contribution in [1.82, 2.24) is 4.90 Å². The summed E-state index contributed by atoms with van der Waals surface area (Å²) in [6.07, 6.45) is 2.52. The number of hydrogen-bond donors (Lipinski definition) is 0. The Morgan fingerprint density at radius 1 is 1.00 bits per heavy atom. The minimum Gasteiger partial charge on any atom is -0.303 e. The molecule has 3 heteroatoms. The largest absolute Gasteiger partial charge is 0.303 e. The first-order valence-corrected chi connectivity index (χ1v) is 8.16. The summed E-state index contributed by atoms with van der Waals surface area (Å²) in [5, 5.41) is 0.818. The van der Waals surface area contributed by atoms with Gasteiger partial charge in [-0.1, -0.05) is 48.0 Å². The molecule has 1 aliphatic carbocycles. The SMILES string of the molecule is CN1CC[C@@H]2c3ccccc3[C@H](c3ccc(Cl)cc3)C[C@@H]21.Cl. The summed E-state index contributed by atoms with van der Waals surface area (Å²) >= 11 is 6.05. The predicted octanol–water partition coefficient (Wildman–Crippen LogP) is 5.09.